The first-order valence-electron chi connectivity index (χ1n) is 5.96. The standard InChI is InChI=1S/C13H18N2O2/c1-10(2)14-6-3-4-13-15-8-12(17-13)11-5-7-16-9-11/h5,7-10,14H,3-4,6H2,1-2H3. The Balaban J connectivity index is 1.83. The fourth-order valence-electron chi connectivity index (χ4n) is 1.59. The molecule has 2 heterocycles. The first-order valence-corrected chi connectivity index (χ1v) is 5.96. The quantitative estimate of drug-likeness (QED) is 0.781. The van der Waals surface area contributed by atoms with Crippen molar-refractivity contribution in [1.29, 1.82) is 0 Å². The van der Waals surface area contributed by atoms with Gasteiger partial charge in [0.2, 0.25) is 0 Å². The Kier molecular flexibility index (Phi) is 3.98. The van der Waals surface area contributed by atoms with E-state index < -0.39 is 0 Å². The number of nitrogens with one attached hydrogen (secondary N) is 1. The summed E-state index contributed by atoms with van der Waals surface area (Å²) in [5.74, 6) is 1.55. The van der Waals surface area contributed by atoms with Crippen LogP contribution in [0.15, 0.2) is 33.6 Å². The maximum atomic E-state index is 5.64. The first kappa shape index (κ1) is 11.9. The average molecular weight is 234 g/mol. The molecular formula is C13H18N2O2. The van der Waals surface area contributed by atoms with Crippen molar-refractivity contribution < 1.29 is 8.83 Å². The zero-order valence-electron chi connectivity index (χ0n) is 10.3. The van der Waals surface area contributed by atoms with Crippen LogP contribution < -0.4 is 5.32 Å². The van der Waals surface area contributed by atoms with Crippen LogP contribution in [0.5, 0.6) is 0 Å². The Morgan fingerprint density at radius 1 is 1.41 bits per heavy atom. The van der Waals surface area contributed by atoms with Crippen molar-refractivity contribution in [2.24, 2.45) is 0 Å². The van der Waals surface area contributed by atoms with Crippen molar-refractivity contribution in [1.82, 2.24) is 10.3 Å². The molecule has 2 aromatic heterocycles. The minimum Gasteiger partial charge on any atom is -0.472 e. The van der Waals surface area contributed by atoms with Crippen molar-refractivity contribution in [3.63, 3.8) is 0 Å². The zero-order chi connectivity index (χ0) is 12.1. The highest BCUT2D eigenvalue weighted by molar-refractivity contribution is 5.53. The van der Waals surface area contributed by atoms with E-state index >= 15 is 0 Å². The van der Waals surface area contributed by atoms with Gasteiger partial charge in [0.05, 0.1) is 18.0 Å². The van der Waals surface area contributed by atoms with Gasteiger partial charge in [-0.3, -0.25) is 0 Å². The molecule has 0 bridgehead atoms. The van der Waals surface area contributed by atoms with E-state index in [4.69, 9.17) is 8.83 Å². The third-order valence-corrected chi connectivity index (χ3v) is 2.48. The molecule has 4 heteroatoms. The highest BCUT2D eigenvalue weighted by Gasteiger charge is 2.06. The Hall–Kier alpha value is -1.55. The number of nitrogens with zero attached hydrogens (tertiary/aromatic N) is 1. The van der Waals surface area contributed by atoms with Crippen LogP contribution in [0.3, 0.4) is 0 Å². The van der Waals surface area contributed by atoms with Crippen LogP contribution in [-0.2, 0) is 6.42 Å². The largest absolute Gasteiger partial charge is 0.472 e. The van der Waals surface area contributed by atoms with Gasteiger partial charge in [0.15, 0.2) is 11.7 Å². The lowest BCUT2D eigenvalue weighted by molar-refractivity contribution is 0.483. The lowest BCUT2D eigenvalue weighted by Gasteiger charge is -2.05. The SMILES string of the molecule is CC(C)NCCCc1ncc(-c2ccoc2)o1. The normalized spacial score (nSPS) is 11.2. The Bertz CT molecular complexity index is 432. The Morgan fingerprint density at radius 2 is 2.29 bits per heavy atom. The van der Waals surface area contributed by atoms with Gasteiger partial charge in [0.25, 0.3) is 0 Å². The van der Waals surface area contributed by atoms with Crippen molar-refractivity contribution in [2.45, 2.75) is 32.7 Å². The third kappa shape index (κ3) is 3.46. The van der Waals surface area contributed by atoms with Crippen LogP contribution in [0.1, 0.15) is 26.2 Å². The molecule has 92 valence electrons. The lowest BCUT2D eigenvalue weighted by Crippen LogP contribution is -2.23. The number of hydrogen-bond donors (Lipinski definition) is 1. The summed E-state index contributed by atoms with van der Waals surface area (Å²) in [6.07, 6.45) is 6.92. The van der Waals surface area contributed by atoms with E-state index in [-0.39, 0.29) is 0 Å². The molecule has 0 saturated carbocycles. The second-order valence-corrected chi connectivity index (χ2v) is 4.34. The van der Waals surface area contributed by atoms with Gasteiger partial charge in [0.1, 0.15) is 6.26 Å². The second-order valence-electron chi connectivity index (χ2n) is 4.34. The van der Waals surface area contributed by atoms with Crippen LogP contribution in [0, 0.1) is 0 Å². The molecule has 0 aliphatic heterocycles. The Morgan fingerprint density at radius 3 is 3.00 bits per heavy atom. The first-order chi connectivity index (χ1) is 8.25. The molecule has 0 radical (unpaired) electrons. The van der Waals surface area contributed by atoms with E-state index in [0.717, 1.165) is 36.6 Å². The molecule has 4 nitrogen and oxygen atoms in total. The van der Waals surface area contributed by atoms with Gasteiger partial charge in [-0.25, -0.2) is 4.98 Å². The molecule has 1 N–H and O–H groups in total. The van der Waals surface area contributed by atoms with Crippen molar-refractivity contribution in [2.75, 3.05) is 6.54 Å². The number of rotatable bonds is 6. The average Bonchev–Trinajstić information content (AvgIpc) is 2.94. The van der Waals surface area contributed by atoms with E-state index in [1.54, 1.807) is 18.7 Å². The number of aryl methyl sites for hydroxylation is 1. The predicted molar refractivity (Wildman–Crippen MR) is 65.7 cm³/mol. The fraction of sp³-hybridized carbons (Fsp3) is 0.462. The third-order valence-electron chi connectivity index (χ3n) is 2.48. The molecule has 0 saturated heterocycles. The van der Waals surface area contributed by atoms with Crippen LogP contribution >= 0.6 is 0 Å². The minimum atomic E-state index is 0.529. The lowest BCUT2D eigenvalue weighted by atomic mass is 10.3. The molecule has 0 amide bonds. The summed E-state index contributed by atoms with van der Waals surface area (Å²) in [7, 11) is 0. The minimum absolute atomic E-state index is 0.529. The van der Waals surface area contributed by atoms with Gasteiger partial charge < -0.3 is 14.2 Å². The molecule has 0 unspecified atom stereocenters. The molecule has 0 aromatic carbocycles. The van der Waals surface area contributed by atoms with Gasteiger partial charge >= 0.3 is 0 Å². The van der Waals surface area contributed by atoms with Gasteiger partial charge in [-0.05, 0) is 19.0 Å². The highest BCUT2D eigenvalue weighted by atomic mass is 16.4. The Labute approximate surface area is 101 Å². The number of hydrogen-bond acceptors (Lipinski definition) is 4. The summed E-state index contributed by atoms with van der Waals surface area (Å²) in [5.41, 5.74) is 0.934. The maximum Gasteiger partial charge on any atom is 0.194 e. The molecule has 17 heavy (non-hydrogen) atoms. The van der Waals surface area contributed by atoms with Gasteiger partial charge in [-0.15, -0.1) is 0 Å². The summed E-state index contributed by atoms with van der Waals surface area (Å²) in [6, 6.07) is 2.39. The van der Waals surface area contributed by atoms with E-state index in [2.05, 4.69) is 24.1 Å². The van der Waals surface area contributed by atoms with E-state index in [0.29, 0.717) is 6.04 Å². The van der Waals surface area contributed by atoms with E-state index in [1.165, 1.54) is 0 Å². The van der Waals surface area contributed by atoms with Gasteiger partial charge in [-0.1, -0.05) is 13.8 Å². The molecule has 0 spiro atoms. The van der Waals surface area contributed by atoms with Crippen LogP contribution in [0.25, 0.3) is 11.3 Å². The van der Waals surface area contributed by atoms with Crippen LogP contribution in [0.4, 0.5) is 0 Å². The number of oxazole rings is 1. The smallest absolute Gasteiger partial charge is 0.194 e. The summed E-state index contributed by atoms with van der Waals surface area (Å²) in [6.45, 7) is 5.27. The van der Waals surface area contributed by atoms with Crippen LogP contribution in [-0.4, -0.2) is 17.6 Å². The molecular weight excluding hydrogens is 216 g/mol. The molecule has 0 atom stereocenters. The summed E-state index contributed by atoms with van der Waals surface area (Å²) >= 11 is 0. The van der Waals surface area contributed by atoms with Crippen molar-refractivity contribution >= 4 is 0 Å². The molecule has 0 aliphatic carbocycles. The van der Waals surface area contributed by atoms with Gasteiger partial charge in [0, 0.05) is 12.5 Å². The van der Waals surface area contributed by atoms with Crippen molar-refractivity contribution in [3.05, 3.63) is 30.7 Å². The van der Waals surface area contributed by atoms with E-state index in [9.17, 15) is 0 Å². The summed E-state index contributed by atoms with van der Waals surface area (Å²) < 4.78 is 10.6. The molecule has 0 aliphatic rings. The number of furan rings is 1. The molecule has 2 rings (SSSR count). The second kappa shape index (κ2) is 5.68. The fourth-order valence-corrected chi connectivity index (χ4v) is 1.59. The highest BCUT2D eigenvalue weighted by Crippen LogP contribution is 2.20. The molecule has 2 aromatic rings. The predicted octanol–water partition coefficient (Wildman–Crippen LogP) is 2.87. The topological polar surface area (TPSA) is 51.2 Å². The maximum absolute atomic E-state index is 5.64. The van der Waals surface area contributed by atoms with Crippen LogP contribution in [0.2, 0.25) is 0 Å². The van der Waals surface area contributed by atoms with Crippen molar-refractivity contribution in [3.8, 4) is 11.3 Å². The summed E-state index contributed by atoms with van der Waals surface area (Å²) in [4.78, 5) is 4.25. The monoisotopic (exact) mass is 234 g/mol. The van der Waals surface area contributed by atoms with Gasteiger partial charge in [-0.2, -0.15) is 0 Å². The van der Waals surface area contributed by atoms with E-state index in [1.807, 2.05) is 6.07 Å². The molecule has 0 fully saturated rings. The number of aromatic nitrogens is 1. The zero-order valence-corrected chi connectivity index (χ0v) is 10.3. The summed E-state index contributed by atoms with van der Waals surface area (Å²) in [5, 5.41) is 3.37.